The van der Waals surface area contributed by atoms with E-state index >= 15 is 0 Å². The summed E-state index contributed by atoms with van der Waals surface area (Å²) in [5.41, 5.74) is 0. The summed E-state index contributed by atoms with van der Waals surface area (Å²) < 4.78 is 12.3. The molecule has 0 aliphatic carbocycles. The van der Waals surface area contributed by atoms with Crippen molar-refractivity contribution in [1.29, 1.82) is 0 Å². The minimum Gasteiger partial charge on any atom is -0.330 e. The lowest BCUT2D eigenvalue weighted by atomic mass is 10.4. The van der Waals surface area contributed by atoms with Crippen LogP contribution in [0.1, 0.15) is 19.8 Å². The van der Waals surface area contributed by atoms with E-state index in [2.05, 4.69) is 10.2 Å². The lowest BCUT2D eigenvalue weighted by Crippen LogP contribution is -2.36. The van der Waals surface area contributed by atoms with Crippen molar-refractivity contribution in [3.8, 4) is 0 Å². The topological polar surface area (TPSA) is 66.4 Å². The minimum atomic E-state index is -1.11. The highest BCUT2D eigenvalue weighted by molar-refractivity contribution is 7.87. The molecule has 2 amide bonds. The Balaban J connectivity index is 2.74. The van der Waals surface area contributed by atoms with E-state index in [-0.39, 0.29) is 6.03 Å². The second-order valence-corrected chi connectivity index (χ2v) is 6.69. The van der Waals surface area contributed by atoms with E-state index in [4.69, 9.17) is 0 Å². The van der Waals surface area contributed by atoms with Crippen molar-refractivity contribution in [2.45, 2.75) is 24.1 Å². The highest BCUT2D eigenvalue weighted by atomic mass is 32.2. The monoisotopic (exact) mass is 290 g/mol. The zero-order valence-corrected chi connectivity index (χ0v) is 12.7. The lowest BCUT2D eigenvalue weighted by molar-refractivity contribution is 0.225. The number of anilines is 1. The standard InChI is InChI=1S/C10H18N4O2S2/c1-5-6-7-18(16)9-12-11-8(17-9)14(4)10(15)13(2)3/h5-7H2,1-4H3. The van der Waals surface area contributed by atoms with Crippen LogP contribution < -0.4 is 4.90 Å². The third-order valence-electron chi connectivity index (χ3n) is 2.23. The number of carbonyl (C=O) groups excluding carboxylic acids is 1. The van der Waals surface area contributed by atoms with Crippen molar-refractivity contribution >= 4 is 33.3 Å². The molecule has 18 heavy (non-hydrogen) atoms. The lowest BCUT2D eigenvalue weighted by Gasteiger charge is -2.18. The summed E-state index contributed by atoms with van der Waals surface area (Å²) in [7, 11) is 3.85. The number of hydrogen-bond donors (Lipinski definition) is 0. The smallest absolute Gasteiger partial charge is 0.325 e. The van der Waals surface area contributed by atoms with Gasteiger partial charge in [-0.05, 0) is 6.42 Å². The van der Waals surface area contributed by atoms with Crippen molar-refractivity contribution in [3.63, 3.8) is 0 Å². The fourth-order valence-electron chi connectivity index (χ4n) is 1.17. The molecule has 0 N–H and O–H groups in total. The highest BCUT2D eigenvalue weighted by Gasteiger charge is 2.19. The Labute approximate surface area is 113 Å². The molecular weight excluding hydrogens is 272 g/mol. The molecule has 8 heteroatoms. The molecule has 0 saturated carbocycles. The molecule has 102 valence electrons. The molecule has 1 unspecified atom stereocenters. The van der Waals surface area contributed by atoms with E-state index in [1.54, 1.807) is 21.1 Å². The van der Waals surface area contributed by atoms with Gasteiger partial charge in [-0.15, -0.1) is 10.2 Å². The number of hydrogen-bond acceptors (Lipinski definition) is 5. The van der Waals surface area contributed by atoms with Crippen LogP contribution in [0.3, 0.4) is 0 Å². The molecule has 0 fully saturated rings. The quantitative estimate of drug-likeness (QED) is 0.772. The summed E-state index contributed by atoms with van der Waals surface area (Å²) in [5.74, 6) is 0.594. The molecule has 0 aliphatic heterocycles. The molecule has 0 aromatic carbocycles. The van der Waals surface area contributed by atoms with Gasteiger partial charge in [0.2, 0.25) is 9.47 Å². The maximum atomic E-state index is 11.8. The first-order valence-corrected chi connectivity index (χ1v) is 7.77. The average Bonchev–Trinajstić information content (AvgIpc) is 2.83. The molecule has 1 aromatic heterocycles. The normalized spacial score (nSPS) is 12.2. The molecule has 1 atom stereocenters. The third-order valence-corrected chi connectivity index (χ3v) is 4.96. The molecule has 0 radical (unpaired) electrons. The first kappa shape index (κ1) is 15.0. The summed E-state index contributed by atoms with van der Waals surface area (Å²) in [6, 6.07) is -0.183. The Morgan fingerprint density at radius 2 is 2.00 bits per heavy atom. The molecular formula is C10H18N4O2S2. The van der Waals surface area contributed by atoms with Crippen LogP contribution in [0.4, 0.5) is 9.93 Å². The second kappa shape index (κ2) is 6.79. The Hall–Kier alpha value is -1.02. The first-order valence-electron chi connectivity index (χ1n) is 5.64. The largest absolute Gasteiger partial charge is 0.330 e. The van der Waals surface area contributed by atoms with Gasteiger partial charge in [0.25, 0.3) is 0 Å². The predicted molar refractivity (Wildman–Crippen MR) is 73.6 cm³/mol. The zero-order chi connectivity index (χ0) is 13.7. The van der Waals surface area contributed by atoms with Crippen LogP contribution in [0, 0.1) is 0 Å². The summed E-state index contributed by atoms with van der Waals surface area (Å²) >= 11 is 1.20. The number of amides is 2. The van der Waals surface area contributed by atoms with E-state index in [0.717, 1.165) is 12.8 Å². The Morgan fingerprint density at radius 1 is 1.33 bits per heavy atom. The number of nitrogens with zero attached hydrogens (tertiary/aromatic N) is 4. The Morgan fingerprint density at radius 3 is 2.56 bits per heavy atom. The predicted octanol–water partition coefficient (Wildman–Crippen LogP) is 1.56. The van der Waals surface area contributed by atoms with Gasteiger partial charge in [-0.1, -0.05) is 24.7 Å². The van der Waals surface area contributed by atoms with Crippen molar-refractivity contribution in [2.75, 3.05) is 31.8 Å². The molecule has 1 aromatic rings. The molecule has 1 heterocycles. The Bertz CT molecular complexity index is 433. The summed E-state index contributed by atoms with van der Waals surface area (Å²) in [5, 5.41) is 8.26. The van der Waals surface area contributed by atoms with Crippen molar-refractivity contribution < 1.29 is 9.00 Å². The van der Waals surface area contributed by atoms with Gasteiger partial charge in [0.1, 0.15) is 0 Å². The van der Waals surface area contributed by atoms with Crippen LogP contribution in [-0.2, 0) is 10.8 Å². The number of urea groups is 1. The molecule has 0 saturated heterocycles. The van der Waals surface area contributed by atoms with Gasteiger partial charge in [0, 0.05) is 26.9 Å². The van der Waals surface area contributed by atoms with Crippen LogP contribution >= 0.6 is 11.3 Å². The van der Waals surface area contributed by atoms with E-state index in [0.29, 0.717) is 15.2 Å². The van der Waals surface area contributed by atoms with Crippen LogP contribution in [-0.4, -0.2) is 52.2 Å². The van der Waals surface area contributed by atoms with Gasteiger partial charge in [0.05, 0.1) is 10.8 Å². The van der Waals surface area contributed by atoms with Crippen molar-refractivity contribution in [2.24, 2.45) is 0 Å². The van der Waals surface area contributed by atoms with E-state index < -0.39 is 10.8 Å². The first-order chi connectivity index (χ1) is 8.47. The Kier molecular flexibility index (Phi) is 5.67. The van der Waals surface area contributed by atoms with Crippen molar-refractivity contribution in [1.82, 2.24) is 15.1 Å². The number of unbranched alkanes of at least 4 members (excludes halogenated alkanes) is 1. The minimum absolute atomic E-state index is 0.183. The fourth-order valence-corrected chi connectivity index (χ4v) is 3.41. The summed E-state index contributed by atoms with van der Waals surface area (Å²) in [6.07, 6.45) is 1.89. The SMILES string of the molecule is CCCCS(=O)c1nnc(N(C)C(=O)N(C)C)s1. The van der Waals surface area contributed by atoms with Gasteiger partial charge in [0.15, 0.2) is 0 Å². The fraction of sp³-hybridized carbons (Fsp3) is 0.700. The number of rotatable bonds is 5. The van der Waals surface area contributed by atoms with Gasteiger partial charge < -0.3 is 4.90 Å². The van der Waals surface area contributed by atoms with Crippen LogP contribution in [0.15, 0.2) is 4.34 Å². The average molecular weight is 290 g/mol. The van der Waals surface area contributed by atoms with Crippen LogP contribution in [0.5, 0.6) is 0 Å². The zero-order valence-electron chi connectivity index (χ0n) is 11.0. The van der Waals surface area contributed by atoms with Crippen LogP contribution in [0.2, 0.25) is 0 Å². The second-order valence-electron chi connectivity index (χ2n) is 3.99. The molecule has 0 aliphatic rings. The van der Waals surface area contributed by atoms with Gasteiger partial charge in [-0.3, -0.25) is 9.11 Å². The van der Waals surface area contributed by atoms with E-state index in [1.807, 2.05) is 6.92 Å². The van der Waals surface area contributed by atoms with Crippen molar-refractivity contribution in [3.05, 3.63) is 0 Å². The molecule has 6 nitrogen and oxygen atoms in total. The summed E-state index contributed by atoms with van der Waals surface area (Å²) in [4.78, 5) is 14.6. The third kappa shape index (κ3) is 3.74. The summed E-state index contributed by atoms with van der Waals surface area (Å²) in [6.45, 7) is 2.05. The molecule has 1 rings (SSSR count). The van der Waals surface area contributed by atoms with E-state index in [1.165, 1.54) is 21.1 Å². The van der Waals surface area contributed by atoms with E-state index in [9.17, 15) is 9.00 Å². The van der Waals surface area contributed by atoms with Gasteiger partial charge in [-0.2, -0.15) is 0 Å². The van der Waals surface area contributed by atoms with Gasteiger partial charge >= 0.3 is 6.03 Å². The number of carbonyl (C=O) groups is 1. The van der Waals surface area contributed by atoms with Gasteiger partial charge in [-0.25, -0.2) is 4.79 Å². The maximum Gasteiger partial charge on any atom is 0.325 e. The maximum absolute atomic E-state index is 11.8. The molecule has 0 bridgehead atoms. The van der Waals surface area contributed by atoms with Crippen LogP contribution in [0.25, 0.3) is 0 Å². The highest BCUT2D eigenvalue weighted by Crippen LogP contribution is 2.22. The molecule has 0 spiro atoms. The number of aromatic nitrogens is 2.